The fourth-order valence-electron chi connectivity index (χ4n) is 1.78. The summed E-state index contributed by atoms with van der Waals surface area (Å²) in [5.74, 6) is -0.668. The van der Waals surface area contributed by atoms with Crippen LogP contribution < -0.4 is 11.1 Å². The fraction of sp³-hybridized carbons (Fsp3) is 0.143. The summed E-state index contributed by atoms with van der Waals surface area (Å²) in [7, 11) is 1.61. The third-order valence-corrected chi connectivity index (χ3v) is 2.75. The highest BCUT2D eigenvalue weighted by atomic mass is 16.5. The highest BCUT2D eigenvalue weighted by Gasteiger charge is 2.10. The third kappa shape index (κ3) is 3.04. The van der Waals surface area contributed by atoms with Crippen molar-refractivity contribution in [3.8, 4) is 0 Å². The molecule has 0 spiro atoms. The molecule has 0 unspecified atom stereocenters. The van der Waals surface area contributed by atoms with Gasteiger partial charge >= 0.3 is 5.97 Å². The number of pyridine rings is 1. The van der Waals surface area contributed by atoms with Crippen molar-refractivity contribution in [3.05, 3.63) is 47.7 Å². The Labute approximate surface area is 116 Å². The van der Waals surface area contributed by atoms with Crippen LogP contribution in [0.25, 0.3) is 0 Å². The lowest BCUT2D eigenvalue weighted by molar-refractivity contribution is 0.0698. The summed E-state index contributed by atoms with van der Waals surface area (Å²) in [5.41, 5.74) is 7.48. The van der Waals surface area contributed by atoms with Crippen LogP contribution in [0, 0.1) is 0 Å². The number of nitrogen functional groups attached to an aromatic ring is 1. The van der Waals surface area contributed by atoms with Crippen LogP contribution in [0.3, 0.4) is 0 Å². The van der Waals surface area contributed by atoms with E-state index in [1.807, 2.05) is 24.3 Å². The smallest absolute Gasteiger partial charge is 0.337 e. The number of aromatic carboxylic acids is 1. The monoisotopic (exact) mass is 273 g/mol. The quantitative estimate of drug-likeness (QED) is 0.773. The van der Waals surface area contributed by atoms with E-state index < -0.39 is 5.97 Å². The first kappa shape index (κ1) is 13.8. The lowest BCUT2D eigenvalue weighted by atomic mass is 10.2. The molecule has 0 fully saturated rings. The number of nitrogens with zero attached hydrogens (tertiary/aromatic N) is 1. The summed E-state index contributed by atoms with van der Waals surface area (Å²) in [5, 5.41) is 12.1. The second-order valence-corrected chi connectivity index (χ2v) is 4.18. The van der Waals surface area contributed by atoms with E-state index in [0.29, 0.717) is 12.4 Å². The molecule has 20 heavy (non-hydrogen) atoms. The van der Waals surface area contributed by atoms with Crippen LogP contribution in [0.1, 0.15) is 15.9 Å². The molecule has 0 atom stereocenters. The number of carboxylic acid groups (broad SMARTS) is 1. The highest BCUT2D eigenvalue weighted by molar-refractivity contribution is 5.94. The van der Waals surface area contributed by atoms with Gasteiger partial charge in [0.1, 0.15) is 5.82 Å². The number of methoxy groups -OCH3 is 1. The van der Waals surface area contributed by atoms with E-state index >= 15 is 0 Å². The predicted molar refractivity (Wildman–Crippen MR) is 76.0 cm³/mol. The van der Waals surface area contributed by atoms with Crippen molar-refractivity contribution >= 4 is 23.2 Å². The molecule has 1 heterocycles. The van der Waals surface area contributed by atoms with Gasteiger partial charge in [-0.3, -0.25) is 0 Å². The molecule has 2 rings (SSSR count). The molecule has 0 bridgehead atoms. The second-order valence-electron chi connectivity index (χ2n) is 4.18. The van der Waals surface area contributed by atoms with Gasteiger partial charge in [-0.2, -0.15) is 0 Å². The maximum atomic E-state index is 11.0. The Kier molecular flexibility index (Phi) is 4.17. The topological polar surface area (TPSA) is 97.5 Å². The maximum absolute atomic E-state index is 11.0. The van der Waals surface area contributed by atoms with Gasteiger partial charge in [0.25, 0.3) is 0 Å². The van der Waals surface area contributed by atoms with E-state index in [1.165, 1.54) is 12.3 Å². The third-order valence-electron chi connectivity index (χ3n) is 2.75. The number of nitrogens with one attached hydrogen (secondary N) is 1. The highest BCUT2D eigenvalue weighted by Crippen LogP contribution is 2.22. The molecular weight excluding hydrogens is 258 g/mol. The summed E-state index contributed by atoms with van der Waals surface area (Å²) < 4.78 is 5.11. The number of benzene rings is 1. The molecule has 0 aliphatic carbocycles. The molecule has 4 N–H and O–H groups in total. The van der Waals surface area contributed by atoms with Crippen molar-refractivity contribution in [3.63, 3.8) is 0 Å². The molecule has 0 aliphatic heterocycles. The van der Waals surface area contributed by atoms with E-state index in [1.54, 1.807) is 7.11 Å². The molecule has 0 radical (unpaired) electrons. The first-order valence-electron chi connectivity index (χ1n) is 5.94. The minimum Gasteiger partial charge on any atom is -0.478 e. The Morgan fingerprint density at radius 1 is 1.45 bits per heavy atom. The van der Waals surface area contributed by atoms with Crippen molar-refractivity contribution in [1.29, 1.82) is 0 Å². The lowest BCUT2D eigenvalue weighted by Crippen LogP contribution is -2.05. The van der Waals surface area contributed by atoms with Crippen LogP contribution in [-0.4, -0.2) is 23.2 Å². The molecule has 0 amide bonds. The number of ether oxygens (including phenoxy) is 1. The number of nitrogens with two attached hydrogens (primary N) is 1. The van der Waals surface area contributed by atoms with Crippen molar-refractivity contribution < 1.29 is 14.6 Å². The van der Waals surface area contributed by atoms with Gasteiger partial charge in [-0.25, -0.2) is 9.78 Å². The molecule has 0 aliphatic rings. The molecule has 6 heteroatoms. The number of rotatable bonds is 5. The SMILES string of the molecule is COCc1ccccc1Nc1cc(C(=O)O)c(N)cn1. The van der Waals surface area contributed by atoms with Gasteiger partial charge < -0.3 is 20.9 Å². The van der Waals surface area contributed by atoms with Crippen molar-refractivity contribution in [2.24, 2.45) is 0 Å². The van der Waals surface area contributed by atoms with Crippen LogP contribution >= 0.6 is 0 Å². The number of hydrogen-bond donors (Lipinski definition) is 3. The fourth-order valence-corrected chi connectivity index (χ4v) is 1.78. The number of aromatic nitrogens is 1. The number of hydrogen-bond acceptors (Lipinski definition) is 5. The summed E-state index contributed by atoms with van der Waals surface area (Å²) in [6, 6.07) is 8.96. The minimum atomic E-state index is -1.09. The number of para-hydroxylation sites is 1. The summed E-state index contributed by atoms with van der Waals surface area (Å²) in [4.78, 5) is 15.1. The van der Waals surface area contributed by atoms with Crippen LogP contribution in [0.15, 0.2) is 36.5 Å². The van der Waals surface area contributed by atoms with Gasteiger partial charge in [0.05, 0.1) is 24.1 Å². The Bertz CT molecular complexity index is 629. The molecule has 1 aromatic heterocycles. The molecule has 0 saturated heterocycles. The lowest BCUT2D eigenvalue weighted by Gasteiger charge is -2.11. The van der Waals surface area contributed by atoms with Crippen LogP contribution in [0.5, 0.6) is 0 Å². The Morgan fingerprint density at radius 2 is 2.20 bits per heavy atom. The molecule has 6 nitrogen and oxygen atoms in total. The molecular formula is C14H15N3O3. The van der Waals surface area contributed by atoms with Crippen LogP contribution in [0.4, 0.5) is 17.2 Å². The maximum Gasteiger partial charge on any atom is 0.337 e. The average molecular weight is 273 g/mol. The summed E-state index contributed by atoms with van der Waals surface area (Å²) in [6.45, 7) is 0.448. The number of anilines is 3. The van der Waals surface area contributed by atoms with Crippen LogP contribution in [-0.2, 0) is 11.3 Å². The van der Waals surface area contributed by atoms with Gasteiger partial charge in [0.15, 0.2) is 0 Å². The molecule has 0 saturated carbocycles. The minimum absolute atomic E-state index is 0.0201. The van der Waals surface area contributed by atoms with E-state index in [0.717, 1.165) is 11.3 Å². The summed E-state index contributed by atoms with van der Waals surface area (Å²) >= 11 is 0. The average Bonchev–Trinajstić information content (AvgIpc) is 2.43. The first-order chi connectivity index (χ1) is 9.61. The zero-order valence-electron chi connectivity index (χ0n) is 11.0. The summed E-state index contributed by atoms with van der Waals surface area (Å²) in [6.07, 6.45) is 1.32. The van der Waals surface area contributed by atoms with Crippen molar-refractivity contribution in [2.45, 2.75) is 6.61 Å². The standard InChI is InChI=1S/C14H15N3O3/c1-20-8-9-4-2-3-5-12(9)17-13-6-10(14(18)19)11(15)7-16-13/h2-7H,8,15H2,1H3,(H,16,17)(H,18,19). The zero-order valence-corrected chi connectivity index (χ0v) is 11.0. The van der Waals surface area contributed by atoms with Gasteiger partial charge in [0.2, 0.25) is 0 Å². The normalized spacial score (nSPS) is 10.2. The van der Waals surface area contributed by atoms with Crippen molar-refractivity contribution in [2.75, 3.05) is 18.2 Å². The van der Waals surface area contributed by atoms with Crippen molar-refractivity contribution in [1.82, 2.24) is 4.98 Å². The van der Waals surface area contributed by atoms with Gasteiger partial charge in [0, 0.05) is 18.4 Å². The second kappa shape index (κ2) is 6.03. The van der Waals surface area contributed by atoms with E-state index in [4.69, 9.17) is 15.6 Å². The largest absolute Gasteiger partial charge is 0.478 e. The number of carboxylic acids is 1. The Morgan fingerprint density at radius 3 is 2.90 bits per heavy atom. The van der Waals surface area contributed by atoms with Gasteiger partial charge in [-0.1, -0.05) is 18.2 Å². The Hall–Kier alpha value is -2.60. The van der Waals surface area contributed by atoms with Gasteiger partial charge in [-0.15, -0.1) is 0 Å². The van der Waals surface area contributed by atoms with E-state index in [-0.39, 0.29) is 11.3 Å². The van der Waals surface area contributed by atoms with Gasteiger partial charge in [-0.05, 0) is 12.1 Å². The Balaban J connectivity index is 2.31. The zero-order chi connectivity index (χ0) is 14.5. The first-order valence-corrected chi connectivity index (χ1v) is 5.94. The van der Waals surface area contributed by atoms with E-state index in [9.17, 15) is 4.79 Å². The van der Waals surface area contributed by atoms with Crippen LogP contribution in [0.2, 0.25) is 0 Å². The molecule has 2 aromatic rings. The number of carbonyl (C=O) groups is 1. The predicted octanol–water partition coefficient (Wildman–Crippen LogP) is 2.25. The molecule has 1 aromatic carbocycles. The van der Waals surface area contributed by atoms with E-state index in [2.05, 4.69) is 10.3 Å². The molecule has 104 valence electrons.